The van der Waals surface area contributed by atoms with Gasteiger partial charge in [-0.2, -0.15) is 0 Å². The lowest BCUT2D eigenvalue weighted by atomic mass is 10.0. The molecule has 0 amide bonds. The average molecular weight is 441 g/mol. The summed E-state index contributed by atoms with van der Waals surface area (Å²) >= 11 is 1.67. The third kappa shape index (κ3) is 2.25. The molecule has 0 fully saturated rings. The van der Waals surface area contributed by atoms with Crippen LogP contribution in [0.4, 0.5) is 0 Å². The van der Waals surface area contributed by atoms with Crippen molar-refractivity contribution in [3.05, 3.63) is 96.5 Å². The van der Waals surface area contributed by atoms with Gasteiger partial charge in [0.1, 0.15) is 5.58 Å². The molecule has 0 bridgehead atoms. The molecule has 8 rings (SSSR count). The Morgan fingerprint density at radius 2 is 1.58 bits per heavy atom. The van der Waals surface area contributed by atoms with E-state index < -0.39 is 0 Å². The van der Waals surface area contributed by atoms with Crippen molar-refractivity contribution in [1.82, 2.24) is 9.55 Å². The van der Waals surface area contributed by atoms with Crippen molar-refractivity contribution >= 4 is 76.1 Å². The summed E-state index contributed by atoms with van der Waals surface area (Å²) in [5.41, 5.74) is 8.20. The van der Waals surface area contributed by atoms with Crippen LogP contribution in [0, 0.1) is 0 Å². The van der Waals surface area contributed by atoms with E-state index in [0.29, 0.717) is 0 Å². The maximum Gasteiger partial charge on any atom is 0.160 e. The molecule has 3 heterocycles. The molecule has 0 saturated heterocycles. The van der Waals surface area contributed by atoms with Crippen molar-refractivity contribution in [3.8, 4) is 5.69 Å². The van der Waals surface area contributed by atoms with E-state index in [1.807, 2.05) is 17.6 Å². The summed E-state index contributed by atoms with van der Waals surface area (Å²) < 4.78 is 10.1. The fourth-order valence-corrected chi connectivity index (χ4v) is 6.01. The van der Waals surface area contributed by atoms with E-state index in [2.05, 4.69) is 88.4 Å². The molecule has 8 aromatic rings. The van der Waals surface area contributed by atoms with Gasteiger partial charge in [-0.05, 0) is 47.2 Å². The number of para-hydroxylation sites is 1. The minimum atomic E-state index is 0.916. The van der Waals surface area contributed by atoms with Crippen LogP contribution in [0.1, 0.15) is 0 Å². The minimum Gasteiger partial charge on any atom is -0.454 e. The van der Waals surface area contributed by atoms with Gasteiger partial charge in [-0.25, -0.2) is 4.98 Å². The lowest BCUT2D eigenvalue weighted by molar-refractivity contribution is 0.671. The van der Waals surface area contributed by atoms with E-state index in [4.69, 9.17) is 4.42 Å². The first-order chi connectivity index (χ1) is 16.4. The fraction of sp³-hybridized carbons (Fsp3) is 0. The van der Waals surface area contributed by atoms with Crippen LogP contribution in [0.2, 0.25) is 0 Å². The van der Waals surface area contributed by atoms with E-state index in [9.17, 15) is 0 Å². The van der Waals surface area contributed by atoms with Crippen molar-refractivity contribution in [2.24, 2.45) is 0 Å². The first kappa shape index (κ1) is 17.4. The standard InChI is InChI=1S/C29H16N2OS/c1-2-6-19-17(5-1)9-14-24-27(19)22-12-11-21-20-7-3-4-8-25(20)32-29(21)28(22)31(24)18-10-13-23-26(15-18)33-16-30-23/h1-16H. The Balaban J connectivity index is 1.66. The molecule has 33 heavy (non-hydrogen) atoms. The van der Waals surface area contributed by atoms with Crippen LogP contribution in [-0.2, 0) is 0 Å². The molecule has 0 spiro atoms. The van der Waals surface area contributed by atoms with Crippen molar-refractivity contribution in [1.29, 1.82) is 0 Å². The van der Waals surface area contributed by atoms with Gasteiger partial charge in [0.05, 0.1) is 26.8 Å². The number of furan rings is 1. The number of hydrogen-bond donors (Lipinski definition) is 0. The summed E-state index contributed by atoms with van der Waals surface area (Å²) in [6.45, 7) is 0. The molecule has 3 nitrogen and oxygen atoms in total. The summed E-state index contributed by atoms with van der Waals surface area (Å²) in [4.78, 5) is 4.48. The molecule has 0 atom stereocenters. The number of benzene rings is 5. The molecule has 0 saturated carbocycles. The van der Waals surface area contributed by atoms with Gasteiger partial charge in [0, 0.05) is 27.2 Å². The topological polar surface area (TPSA) is 31.0 Å². The third-order valence-corrected chi connectivity index (χ3v) is 7.53. The van der Waals surface area contributed by atoms with Crippen LogP contribution in [-0.4, -0.2) is 9.55 Å². The predicted octanol–water partition coefficient (Wildman–Crippen LogP) is 8.45. The monoisotopic (exact) mass is 440 g/mol. The second-order valence-corrected chi connectivity index (χ2v) is 9.34. The molecule has 0 radical (unpaired) electrons. The molecule has 0 unspecified atom stereocenters. The molecule has 5 aromatic carbocycles. The van der Waals surface area contributed by atoms with Gasteiger partial charge in [0.25, 0.3) is 0 Å². The lowest BCUT2D eigenvalue weighted by Crippen LogP contribution is -1.93. The molecular formula is C29H16N2OS. The summed E-state index contributed by atoms with van der Waals surface area (Å²) in [5, 5.41) is 7.26. The van der Waals surface area contributed by atoms with E-state index in [0.717, 1.165) is 38.7 Å². The molecule has 0 N–H and O–H groups in total. The number of aromatic nitrogens is 2. The maximum absolute atomic E-state index is 6.51. The van der Waals surface area contributed by atoms with Gasteiger partial charge >= 0.3 is 0 Å². The Hall–Kier alpha value is -4.15. The predicted molar refractivity (Wildman–Crippen MR) is 139 cm³/mol. The highest BCUT2D eigenvalue weighted by molar-refractivity contribution is 7.16. The molecular weight excluding hydrogens is 424 g/mol. The quantitative estimate of drug-likeness (QED) is 0.256. The Labute approximate surface area is 192 Å². The van der Waals surface area contributed by atoms with Crippen LogP contribution in [0.15, 0.2) is 101 Å². The molecule has 154 valence electrons. The highest BCUT2D eigenvalue weighted by Gasteiger charge is 2.20. The van der Waals surface area contributed by atoms with Crippen molar-refractivity contribution in [3.63, 3.8) is 0 Å². The normalized spacial score (nSPS) is 12.2. The zero-order valence-electron chi connectivity index (χ0n) is 17.4. The van der Waals surface area contributed by atoms with Crippen LogP contribution in [0.3, 0.4) is 0 Å². The zero-order valence-corrected chi connectivity index (χ0v) is 18.3. The average Bonchev–Trinajstić information content (AvgIpc) is 3.56. The van der Waals surface area contributed by atoms with Crippen LogP contribution in [0.5, 0.6) is 0 Å². The second-order valence-electron chi connectivity index (χ2n) is 8.46. The Bertz CT molecular complexity index is 2040. The number of nitrogens with zero attached hydrogens (tertiary/aromatic N) is 2. The number of rotatable bonds is 1. The van der Waals surface area contributed by atoms with E-state index in [-0.39, 0.29) is 0 Å². The van der Waals surface area contributed by atoms with Crippen LogP contribution < -0.4 is 0 Å². The molecule has 0 aliphatic carbocycles. The van der Waals surface area contributed by atoms with Gasteiger partial charge in [0.2, 0.25) is 0 Å². The molecule has 0 aliphatic heterocycles. The Kier molecular flexibility index (Phi) is 3.28. The van der Waals surface area contributed by atoms with Gasteiger partial charge in [-0.15, -0.1) is 11.3 Å². The minimum absolute atomic E-state index is 0.916. The van der Waals surface area contributed by atoms with E-state index in [1.54, 1.807) is 11.3 Å². The van der Waals surface area contributed by atoms with E-state index >= 15 is 0 Å². The highest BCUT2D eigenvalue weighted by Crippen LogP contribution is 2.42. The zero-order chi connectivity index (χ0) is 21.5. The molecule has 3 aromatic heterocycles. The summed E-state index contributed by atoms with van der Waals surface area (Å²) in [5.74, 6) is 0. The smallest absolute Gasteiger partial charge is 0.160 e. The SMILES string of the molecule is c1ccc2c(c1)ccc1c2c2ccc3c4ccccc4oc3c2n1-c1ccc2ncsc2c1. The fourth-order valence-electron chi connectivity index (χ4n) is 5.30. The van der Waals surface area contributed by atoms with Gasteiger partial charge in [-0.3, -0.25) is 0 Å². The summed E-state index contributed by atoms with van der Waals surface area (Å²) in [6, 6.07) is 32.3. The second kappa shape index (κ2) is 6.21. The first-order valence-electron chi connectivity index (χ1n) is 11.0. The highest BCUT2D eigenvalue weighted by atomic mass is 32.1. The largest absolute Gasteiger partial charge is 0.454 e. The summed E-state index contributed by atoms with van der Waals surface area (Å²) in [7, 11) is 0. The molecule has 4 heteroatoms. The molecule has 0 aliphatic rings. The van der Waals surface area contributed by atoms with Gasteiger partial charge < -0.3 is 8.98 Å². The van der Waals surface area contributed by atoms with Crippen molar-refractivity contribution in [2.45, 2.75) is 0 Å². The van der Waals surface area contributed by atoms with E-state index in [1.165, 1.54) is 31.8 Å². The lowest BCUT2D eigenvalue weighted by Gasteiger charge is -2.08. The third-order valence-electron chi connectivity index (χ3n) is 6.73. The first-order valence-corrected chi connectivity index (χ1v) is 11.8. The maximum atomic E-state index is 6.51. The summed E-state index contributed by atoms with van der Waals surface area (Å²) in [6.07, 6.45) is 0. The van der Waals surface area contributed by atoms with Crippen molar-refractivity contribution in [2.75, 3.05) is 0 Å². The number of hydrogen-bond acceptors (Lipinski definition) is 3. The van der Waals surface area contributed by atoms with Crippen LogP contribution in [0.25, 0.3) is 70.4 Å². The van der Waals surface area contributed by atoms with Gasteiger partial charge in [0.15, 0.2) is 5.58 Å². The number of thiazole rings is 1. The Morgan fingerprint density at radius 1 is 0.727 bits per heavy atom. The Morgan fingerprint density at radius 3 is 2.55 bits per heavy atom. The van der Waals surface area contributed by atoms with Crippen LogP contribution >= 0.6 is 11.3 Å². The number of fused-ring (bicyclic) bond motifs is 10. The van der Waals surface area contributed by atoms with Gasteiger partial charge in [-0.1, -0.05) is 54.6 Å². The van der Waals surface area contributed by atoms with Crippen molar-refractivity contribution < 1.29 is 4.42 Å².